The number of nitrogens with one attached hydrogen (secondary N) is 1. The first-order chi connectivity index (χ1) is 8.86. The predicted octanol–water partition coefficient (Wildman–Crippen LogP) is 0.133. The minimum absolute atomic E-state index is 0.715. The van der Waals surface area contributed by atoms with E-state index in [1.165, 1.54) is 13.1 Å². The lowest BCUT2D eigenvalue weighted by molar-refractivity contribution is 0.147. The molecular weight excluding hydrogens is 226 g/mol. The van der Waals surface area contributed by atoms with Gasteiger partial charge in [-0.05, 0) is 6.42 Å². The first-order valence-corrected chi connectivity index (χ1v) is 6.87. The molecule has 1 aromatic heterocycles. The molecule has 3 heterocycles. The largest absolute Gasteiger partial charge is 0.353 e. The van der Waals surface area contributed by atoms with Crippen LogP contribution >= 0.6 is 0 Å². The number of piperazine rings is 1. The fourth-order valence-electron chi connectivity index (χ4n) is 2.67. The number of aromatic nitrogens is 2. The van der Waals surface area contributed by atoms with Crippen LogP contribution in [0.25, 0.3) is 0 Å². The Labute approximate surface area is 108 Å². The van der Waals surface area contributed by atoms with Crippen LogP contribution in [-0.2, 0) is 6.42 Å². The zero-order valence-electron chi connectivity index (χ0n) is 11.0. The summed E-state index contributed by atoms with van der Waals surface area (Å²) in [6, 6.07) is 2.83. The molecule has 5 heteroatoms. The van der Waals surface area contributed by atoms with E-state index in [1.807, 2.05) is 0 Å². The molecule has 2 aliphatic rings. The molecule has 3 rings (SSSR count). The van der Waals surface area contributed by atoms with E-state index in [-0.39, 0.29) is 0 Å². The van der Waals surface area contributed by atoms with E-state index in [0.29, 0.717) is 6.04 Å². The van der Waals surface area contributed by atoms with Crippen LogP contribution < -0.4 is 10.2 Å². The summed E-state index contributed by atoms with van der Waals surface area (Å²) in [6.07, 6.45) is 2.66. The van der Waals surface area contributed by atoms with Crippen molar-refractivity contribution < 1.29 is 0 Å². The molecule has 2 saturated heterocycles. The number of nitrogens with zero attached hydrogens (tertiary/aromatic N) is 4. The van der Waals surface area contributed by atoms with Crippen LogP contribution in [0.3, 0.4) is 0 Å². The second kappa shape index (κ2) is 5.20. The molecule has 2 aliphatic heterocycles. The molecule has 0 aliphatic carbocycles. The summed E-state index contributed by atoms with van der Waals surface area (Å²) in [6.45, 7) is 8.98. The molecule has 18 heavy (non-hydrogen) atoms. The summed E-state index contributed by atoms with van der Waals surface area (Å²) in [5.41, 5.74) is 1.13. The SMILES string of the molecule is CCc1cc(N2CC(N3CCNCC3)C2)ncn1. The number of aryl methyl sites for hydroxylation is 1. The van der Waals surface area contributed by atoms with Gasteiger partial charge in [-0.3, -0.25) is 4.90 Å². The Morgan fingerprint density at radius 1 is 1.28 bits per heavy atom. The van der Waals surface area contributed by atoms with Crippen molar-refractivity contribution in [1.82, 2.24) is 20.2 Å². The standard InChI is InChI=1S/C13H21N5/c1-2-11-7-13(16-10-15-11)18-8-12(9-18)17-5-3-14-4-6-17/h7,10,12,14H,2-6,8-9H2,1H3. The molecule has 0 amide bonds. The Hall–Kier alpha value is -1.20. The van der Waals surface area contributed by atoms with Gasteiger partial charge in [0.2, 0.25) is 0 Å². The Morgan fingerprint density at radius 2 is 2.06 bits per heavy atom. The Morgan fingerprint density at radius 3 is 2.78 bits per heavy atom. The van der Waals surface area contributed by atoms with Crippen molar-refractivity contribution in [3.8, 4) is 0 Å². The van der Waals surface area contributed by atoms with E-state index >= 15 is 0 Å². The van der Waals surface area contributed by atoms with Crippen LogP contribution in [0, 0.1) is 0 Å². The van der Waals surface area contributed by atoms with Gasteiger partial charge in [0.1, 0.15) is 12.1 Å². The van der Waals surface area contributed by atoms with Crippen molar-refractivity contribution in [1.29, 1.82) is 0 Å². The van der Waals surface area contributed by atoms with Crippen molar-refractivity contribution >= 4 is 5.82 Å². The van der Waals surface area contributed by atoms with Gasteiger partial charge < -0.3 is 10.2 Å². The van der Waals surface area contributed by atoms with Crippen LogP contribution in [0.15, 0.2) is 12.4 Å². The maximum Gasteiger partial charge on any atom is 0.132 e. The Kier molecular flexibility index (Phi) is 3.43. The van der Waals surface area contributed by atoms with Gasteiger partial charge in [0.15, 0.2) is 0 Å². The monoisotopic (exact) mass is 247 g/mol. The fraction of sp³-hybridized carbons (Fsp3) is 0.692. The smallest absolute Gasteiger partial charge is 0.132 e. The normalized spacial score (nSPS) is 21.9. The van der Waals surface area contributed by atoms with Crippen LogP contribution in [0.4, 0.5) is 5.82 Å². The van der Waals surface area contributed by atoms with E-state index < -0.39 is 0 Å². The molecular formula is C13H21N5. The van der Waals surface area contributed by atoms with Gasteiger partial charge in [0.05, 0.1) is 0 Å². The maximum absolute atomic E-state index is 4.37. The number of rotatable bonds is 3. The Bertz CT molecular complexity index is 396. The number of anilines is 1. The quantitative estimate of drug-likeness (QED) is 0.823. The molecule has 98 valence electrons. The third-order valence-electron chi connectivity index (χ3n) is 3.93. The molecule has 0 aromatic carbocycles. The van der Waals surface area contributed by atoms with Crippen LogP contribution in [-0.4, -0.2) is 60.2 Å². The highest BCUT2D eigenvalue weighted by Crippen LogP contribution is 2.22. The van der Waals surface area contributed by atoms with E-state index in [1.54, 1.807) is 6.33 Å². The second-order valence-electron chi connectivity index (χ2n) is 5.07. The molecule has 1 N–H and O–H groups in total. The van der Waals surface area contributed by atoms with E-state index in [0.717, 1.165) is 44.1 Å². The van der Waals surface area contributed by atoms with Gasteiger partial charge in [0, 0.05) is 57.1 Å². The first kappa shape index (κ1) is 11.9. The third kappa shape index (κ3) is 2.33. The highest BCUT2D eigenvalue weighted by molar-refractivity contribution is 5.43. The highest BCUT2D eigenvalue weighted by Gasteiger charge is 2.33. The highest BCUT2D eigenvalue weighted by atomic mass is 15.3. The zero-order chi connectivity index (χ0) is 12.4. The molecule has 2 fully saturated rings. The van der Waals surface area contributed by atoms with Crippen LogP contribution in [0.2, 0.25) is 0 Å². The van der Waals surface area contributed by atoms with Crippen molar-refractivity contribution in [3.63, 3.8) is 0 Å². The average Bonchev–Trinajstić information content (AvgIpc) is 2.39. The molecule has 0 radical (unpaired) electrons. The summed E-state index contributed by atoms with van der Waals surface area (Å²) in [5, 5.41) is 3.40. The third-order valence-corrected chi connectivity index (χ3v) is 3.93. The summed E-state index contributed by atoms with van der Waals surface area (Å²) < 4.78 is 0. The van der Waals surface area contributed by atoms with Crippen molar-refractivity contribution in [2.75, 3.05) is 44.2 Å². The van der Waals surface area contributed by atoms with Crippen molar-refractivity contribution in [3.05, 3.63) is 18.1 Å². The molecule has 5 nitrogen and oxygen atoms in total. The molecule has 1 aromatic rings. The molecule has 0 saturated carbocycles. The minimum Gasteiger partial charge on any atom is -0.353 e. The lowest BCUT2D eigenvalue weighted by Crippen LogP contribution is -2.63. The Balaban J connectivity index is 1.57. The topological polar surface area (TPSA) is 44.3 Å². The molecule has 0 bridgehead atoms. The maximum atomic E-state index is 4.37. The lowest BCUT2D eigenvalue weighted by Gasteiger charge is -2.47. The number of hydrogen-bond acceptors (Lipinski definition) is 5. The molecule has 0 unspecified atom stereocenters. The average molecular weight is 247 g/mol. The summed E-state index contributed by atoms with van der Waals surface area (Å²) >= 11 is 0. The lowest BCUT2D eigenvalue weighted by atomic mass is 10.1. The fourth-order valence-corrected chi connectivity index (χ4v) is 2.67. The summed E-state index contributed by atoms with van der Waals surface area (Å²) in [7, 11) is 0. The minimum atomic E-state index is 0.715. The van der Waals surface area contributed by atoms with Crippen molar-refractivity contribution in [2.45, 2.75) is 19.4 Å². The van der Waals surface area contributed by atoms with Crippen LogP contribution in [0.5, 0.6) is 0 Å². The molecule has 0 atom stereocenters. The predicted molar refractivity (Wildman–Crippen MR) is 71.9 cm³/mol. The van der Waals surface area contributed by atoms with E-state index in [9.17, 15) is 0 Å². The number of hydrogen-bond donors (Lipinski definition) is 1. The van der Waals surface area contributed by atoms with Gasteiger partial charge in [-0.2, -0.15) is 0 Å². The van der Waals surface area contributed by atoms with Crippen molar-refractivity contribution in [2.24, 2.45) is 0 Å². The van der Waals surface area contributed by atoms with Gasteiger partial charge >= 0.3 is 0 Å². The van der Waals surface area contributed by atoms with Gasteiger partial charge in [-0.1, -0.05) is 6.92 Å². The van der Waals surface area contributed by atoms with E-state index in [2.05, 4.69) is 38.1 Å². The second-order valence-corrected chi connectivity index (χ2v) is 5.07. The van der Waals surface area contributed by atoms with Gasteiger partial charge in [-0.25, -0.2) is 9.97 Å². The zero-order valence-corrected chi connectivity index (χ0v) is 11.0. The first-order valence-electron chi connectivity index (χ1n) is 6.87. The van der Waals surface area contributed by atoms with E-state index in [4.69, 9.17) is 0 Å². The molecule has 0 spiro atoms. The summed E-state index contributed by atoms with van der Waals surface area (Å²) in [5.74, 6) is 1.09. The van der Waals surface area contributed by atoms with Gasteiger partial charge in [-0.15, -0.1) is 0 Å². The summed E-state index contributed by atoms with van der Waals surface area (Å²) in [4.78, 5) is 13.6. The van der Waals surface area contributed by atoms with Gasteiger partial charge in [0.25, 0.3) is 0 Å². The van der Waals surface area contributed by atoms with Crippen LogP contribution in [0.1, 0.15) is 12.6 Å².